The first-order valence-electron chi connectivity index (χ1n) is 12.5. The zero-order chi connectivity index (χ0) is 25.5. The van der Waals surface area contributed by atoms with E-state index < -0.39 is 25.4 Å². The summed E-state index contributed by atoms with van der Waals surface area (Å²) in [5.41, 5.74) is -1.18. The third-order valence-corrected chi connectivity index (χ3v) is 8.10. The lowest BCUT2D eigenvalue weighted by molar-refractivity contribution is -0.111. The summed E-state index contributed by atoms with van der Waals surface area (Å²) in [5, 5.41) is 0.0456. The van der Waals surface area contributed by atoms with E-state index in [-0.39, 0.29) is 35.4 Å². The molecule has 0 N–H and O–H groups in total. The molecule has 0 aliphatic carbocycles. The average Bonchev–Trinajstić information content (AvgIpc) is 3.24. The molecule has 196 valence electrons. The van der Waals surface area contributed by atoms with Crippen LogP contribution >= 0.6 is 19.4 Å². The molecule has 8 nitrogen and oxygen atoms in total. The summed E-state index contributed by atoms with van der Waals surface area (Å²) in [6.07, 6.45) is 10.5. The van der Waals surface area contributed by atoms with E-state index in [1.165, 1.54) is 50.7 Å². The van der Waals surface area contributed by atoms with Gasteiger partial charge in [0.2, 0.25) is 0 Å². The maximum atomic E-state index is 12.8. The van der Waals surface area contributed by atoms with Crippen molar-refractivity contribution >= 4 is 36.2 Å². The number of carbonyl (C=O) groups excluding carboxylic acids is 3. The smallest absolute Gasteiger partial charge is 0.439 e. The second-order valence-electron chi connectivity index (χ2n) is 8.37. The van der Waals surface area contributed by atoms with Crippen LogP contribution in [0.2, 0.25) is 0 Å². The van der Waals surface area contributed by atoms with E-state index in [2.05, 4.69) is 6.92 Å². The number of para-hydroxylation sites is 1. The second-order valence-corrected chi connectivity index (χ2v) is 11.3. The molecule has 0 radical (unpaired) electrons. The van der Waals surface area contributed by atoms with Gasteiger partial charge in [-0.2, -0.15) is 0 Å². The molecule has 2 rings (SSSR count). The van der Waals surface area contributed by atoms with E-state index in [9.17, 15) is 18.9 Å². The van der Waals surface area contributed by atoms with Gasteiger partial charge in [0.05, 0.1) is 13.2 Å². The van der Waals surface area contributed by atoms with Crippen molar-refractivity contribution in [2.45, 2.75) is 84.2 Å². The molecule has 0 bridgehead atoms. The van der Waals surface area contributed by atoms with Crippen LogP contribution in [0.1, 0.15) is 88.4 Å². The average molecular weight is 529 g/mol. The van der Waals surface area contributed by atoms with Crippen molar-refractivity contribution in [3.05, 3.63) is 29.8 Å². The van der Waals surface area contributed by atoms with Crippen molar-refractivity contribution in [2.24, 2.45) is 0 Å². The highest BCUT2D eigenvalue weighted by molar-refractivity contribution is 8.13. The summed E-state index contributed by atoms with van der Waals surface area (Å²) in [6, 6.07) is 5.99. The molecular weight excluding hydrogens is 491 g/mol. The van der Waals surface area contributed by atoms with E-state index in [1.54, 1.807) is 19.1 Å². The normalized spacial score (nSPS) is 19.4. The van der Waals surface area contributed by atoms with Gasteiger partial charge in [0, 0.05) is 12.2 Å². The van der Waals surface area contributed by atoms with Crippen molar-refractivity contribution in [3.8, 4) is 5.75 Å². The fraction of sp³-hybridized carbons (Fsp3) is 0.640. The van der Waals surface area contributed by atoms with Crippen LogP contribution in [0.4, 0.5) is 4.79 Å². The number of carbonyl (C=O) groups is 3. The number of thioether (sulfide) groups is 1. The lowest BCUT2D eigenvalue weighted by Crippen LogP contribution is -2.15. The highest BCUT2D eigenvalue weighted by atomic mass is 32.2. The van der Waals surface area contributed by atoms with Crippen molar-refractivity contribution in [2.75, 3.05) is 19.0 Å². The first-order valence-corrected chi connectivity index (χ1v) is 15.0. The van der Waals surface area contributed by atoms with Gasteiger partial charge < -0.3 is 9.47 Å². The van der Waals surface area contributed by atoms with Crippen molar-refractivity contribution in [3.63, 3.8) is 0 Å². The monoisotopic (exact) mass is 528 g/mol. The molecule has 1 heterocycles. The molecule has 0 saturated carbocycles. The van der Waals surface area contributed by atoms with E-state index in [0.29, 0.717) is 6.42 Å². The number of hydrogen-bond donors (Lipinski definition) is 0. The van der Waals surface area contributed by atoms with Gasteiger partial charge in [-0.3, -0.25) is 13.8 Å². The molecule has 1 aliphatic heterocycles. The van der Waals surface area contributed by atoms with Gasteiger partial charge in [-0.1, -0.05) is 82.2 Å². The van der Waals surface area contributed by atoms with Crippen LogP contribution in [-0.4, -0.2) is 41.9 Å². The molecule has 0 amide bonds. The number of hydrogen-bond acceptors (Lipinski definition) is 9. The predicted molar refractivity (Wildman–Crippen MR) is 136 cm³/mol. The fourth-order valence-corrected chi connectivity index (χ4v) is 5.81. The number of ether oxygens (including phenoxy) is 2. The molecule has 35 heavy (non-hydrogen) atoms. The Morgan fingerprint density at radius 2 is 1.66 bits per heavy atom. The molecule has 2 unspecified atom stereocenters. The van der Waals surface area contributed by atoms with E-state index >= 15 is 0 Å². The summed E-state index contributed by atoms with van der Waals surface area (Å²) in [7, 11) is -4.19. The van der Waals surface area contributed by atoms with Gasteiger partial charge >= 0.3 is 19.3 Å². The highest BCUT2D eigenvalue weighted by Gasteiger charge is 2.46. The maximum Gasteiger partial charge on any atom is 0.439 e. The Labute approximate surface area is 212 Å². The standard InChI is InChI=1S/C25H37O8PS/c1-3-5-6-7-8-9-10-11-12-17-23(26)35-19-20-18-31-34(29,33-20)25(28)32-22-16-14-13-15-21(22)24(27)30-4-2/h13-16,20H,3-12,17-19H2,1-2H3. The second kappa shape index (κ2) is 16.1. The minimum atomic E-state index is -4.19. The fourth-order valence-electron chi connectivity index (χ4n) is 3.53. The Hall–Kier alpha value is -1.67. The first-order chi connectivity index (χ1) is 16.9. The first kappa shape index (κ1) is 29.6. The molecule has 1 aromatic rings. The van der Waals surface area contributed by atoms with E-state index in [0.717, 1.165) is 31.0 Å². The van der Waals surface area contributed by atoms with Crippen LogP contribution in [0, 0.1) is 0 Å². The summed E-state index contributed by atoms with van der Waals surface area (Å²) in [5.74, 6) is -0.512. The molecule has 1 aromatic carbocycles. The quantitative estimate of drug-likeness (QED) is 0.126. The molecular formula is C25H37O8PS. The Bertz CT molecular complexity index is 875. The van der Waals surface area contributed by atoms with Crippen LogP contribution in [-0.2, 0) is 23.1 Å². The topological polar surface area (TPSA) is 105 Å². The van der Waals surface area contributed by atoms with Crippen LogP contribution < -0.4 is 4.74 Å². The molecule has 1 saturated heterocycles. The van der Waals surface area contributed by atoms with Crippen molar-refractivity contribution < 1.29 is 37.5 Å². The minimum Gasteiger partial charge on any atom is -0.462 e. The number of unbranched alkanes of at least 4 members (excludes halogenated alkanes) is 8. The summed E-state index contributed by atoms with van der Waals surface area (Å²) in [4.78, 5) is 36.7. The van der Waals surface area contributed by atoms with Gasteiger partial charge in [-0.15, -0.1) is 0 Å². The Kier molecular flexibility index (Phi) is 13.6. The highest BCUT2D eigenvalue weighted by Crippen LogP contribution is 2.56. The van der Waals surface area contributed by atoms with Gasteiger partial charge in [-0.05, 0) is 25.5 Å². The SMILES string of the molecule is CCCCCCCCCCCC(=O)SCC1COP(=O)(C(=O)Oc2ccccc2C(=O)OCC)O1. The van der Waals surface area contributed by atoms with Crippen molar-refractivity contribution in [1.82, 2.24) is 0 Å². The predicted octanol–water partition coefficient (Wildman–Crippen LogP) is 7.15. The van der Waals surface area contributed by atoms with Crippen LogP contribution in [0.3, 0.4) is 0 Å². The Balaban J connectivity index is 1.69. The van der Waals surface area contributed by atoms with Crippen LogP contribution in [0.25, 0.3) is 0 Å². The van der Waals surface area contributed by atoms with Crippen LogP contribution in [0.5, 0.6) is 5.75 Å². The van der Waals surface area contributed by atoms with E-state index in [4.69, 9.17) is 18.5 Å². The van der Waals surface area contributed by atoms with Crippen molar-refractivity contribution in [1.29, 1.82) is 0 Å². The zero-order valence-corrected chi connectivity index (χ0v) is 22.4. The summed E-state index contributed by atoms with van der Waals surface area (Å²) >= 11 is 1.10. The molecule has 1 aliphatic rings. The molecule has 0 spiro atoms. The van der Waals surface area contributed by atoms with Gasteiger partial charge in [0.15, 0.2) is 5.12 Å². The number of rotatable bonds is 16. The zero-order valence-electron chi connectivity index (χ0n) is 20.7. The van der Waals surface area contributed by atoms with E-state index in [1.807, 2.05) is 0 Å². The summed E-state index contributed by atoms with van der Waals surface area (Å²) in [6.45, 7) is 3.95. The Morgan fingerprint density at radius 3 is 2.34 bits per heavy atom. The maximum absolute atomic E-state index is 12.8. The van der Waals surface area contributed by atoms with Gasteiger partial charge in [0.1, 0.15) is 17.4 Å². The van der Waals surface area contributed by atoms with Gasteiger partial charge in [-0.25, -0.2) is 14.2 Å². The molecule has 10 heteroatoms. The number of benzene rings is 1. The third kappa shape index (κ3) is 10.5. The minimum absolute atomic E-state index is 0.0303. The third-order valence-electron chi connectivity index (χ3n) is 5.44. The lowest BCUT2D eigenvalue weighted by Gasteiger charge is -2.12. The van der Waals surface area contributed by atoms with Crippen LogP contribution in [0.15, 0.2) is 24.3 Å². The molecule has 1 fully saturated rings. The summed E-state index contributed by atoms with van der Waals surface area (Å²) < 4.78 is 33.4. The van der Waals surface area contributed by atoms with Gasteiger partial charge in [0.25, 0.3) is 0 Å². The molecule has 0 aromatic heterocycles. The number of esters is 1. The lowest BCUT2D eigenvalue weighted by atomic mass is 10.1. The molecule has 2 atom stereocenters. The largest absolute Gasteiger partial charge is 0.462 e. The Morgan fingerprint density at radius 1 is 1.00 bits per heavy atom.